The summed E-state index contributed by atoms with van der Waals surface area (Å²) in [4.78, 5) is 23.0. The zero-order chi connectivity index (χ0) is 17.6. The monoisotopic (exact) mass is 332 g/mol. The van der Waals surface area contributed by atoms with Crippen molar-refractivity contribution in [3.63, 3.8) is 0 Å². The highest BCUT2D eigenvalue weighted by Crippen LogP contribution is 2.24. The maximum atomic E-state index is 12.0. The first kappa shape index (κ1) is 20.4. The molecule has 0 aromatic rings. The van der Waals surface area contributed by atoms with Crippen molar-refractivity contribution in [2.75, 3.05) is 7.11 Å². The van der Waals surface area contributed by atoms with E-state index in [2.05, 4.69) is 29.9 Å². The molecule has 3 nitrogen and oxygen atoms in total. The van der Waals surface area contributed by atoms with Crippen molar-refractivity contribution in [1.29, 1.82) is 0 Å². The summed E-state index contributed by atoms with van der Waals surface area (Å²) in [6.07, 6.45) is 20.5. The van der Waals surface area contributed by atoms with Gasteiger partial charge in [-0.2, -0.15) is 0 Å². The molecule has 134 valence electrons. The van der Waals surface area contributed by atoms with Gasteiger partial charge in [0.05, 0.1) is 7.11 Å². The van der Waals surface area contributed by atoms with E-state index in [1.54, 1.807) is 6.08 Å². The molecule has 0 saturated carbocycles. The molecular weight excluding hydrogens is 300 g/mol. The number of carbonyl (C=O) groups is 2. The molecule has 24 heavy (non-hydrogen) atoms. The highest BCUT2D eigenvalue weighted by molar-refractivity contribution is 6.07. The smallest absolute Gasteiger partial charge is 0.305 e. The van der Waals surface area contributed by atoms with E-state index in [4.69, 9.17) is 0 Å². The summed E-state index contributed by atoms with van der Waals surface area (Å²) in [5.74, 6) is 0.150. The van der Waals surface area contributed by atoms with Crippen LogP contribution in [0.25, 0.3) is 0 Å². The Morgan fingerprint density at radius 3 is 2.62 bits per heavy atom. The van der Waals surface area contributed by atoms with Gasteiger partial charge in [-0.15, -0.1) is 0 Å². The molecule has 0 amide bonds. The van der Waals surface area contributed by atoms with Crippen molar-refractivity contribution < 1.29 is 14.3 Å². The highest BCUT2D eigenvalue weighted by Gasteiger charge is 2.19. The van der Waals surface area contributed by atoms with Gasteiger partial charge in [0.15, 0.2) is 5.78 Å². The molecule has 0 bridgehead atoms. The lowest BCUT2D eigenvalue weighted by Gasteiger charge is -2.05. The normalized spacial score (nSPS) is 18.8. The molecule has 0 radical (unpaired) electrons. The van der Waals surface area contributed by atoms with Crippen molar-refractivity contribution in [3.05, 3.63) is 36.0 Å². The molecule has 1 aliphatic carbocycles. The van der Waals surface area contributed by atoms with Crippen LogP contribution in [0.5, 0.6) is 0 Å². The van der Waals surface area contributed by atoms with Crippen molar-refractivity contribution in [2.24, 2.45) is 5.92 Å². The van der Waals surface area contributed by atoms with Crippen LogP contribution in [-0.4, -0.2) is 18.9 Å². The molecule has 0 unspecified atom stereocenters. The molecule has 0 aromatic carbocycles. The lowest BCUT2D eigenvalue weighted by molar-refractivity contribution is -0.140. The number of unbranched alkanes of at least 4 members (excludes halogenated alkanes) is 7. The molecule has 0 spiro atoms. The first-order valence-electron chi connectivity index (χ1n) is 9.35. The van der Waals surface area contributed by atoms with Crippen LogP contribution in [0.3, 0.4) is 0 Å². The summed E-state index contributed by atoms with van der Waals surface area (Å²) in [6, 6.07) is 0. The summed E-state index contributed by atoms with van der Waals surface area (Å²) in [5.41, 5.74) is 0.910. The summed E-state index contributed by atoms with van der Waals surface area (Å²) in [6.45, 7) is 2.22. The van der Waals surface area contributed by atoms with Gasteiger partial charge in [0, 0.05) is 17.9 Å². The number of allylic oxidation sites excluding steroid dienone is 6. The number of ketones is 1. The van der Waals surface area contributed by atoms with Crippen LogP contribution < -0.4 is 0 Å². The van der Waals surface area contributed by atoms with Crippen LogP contribution in [-0.2, 0) is 14.3 Å². The van der Waals surface area contributed by atoms with E-state index in [-0.39, 0.29) is 17.7 Å². The molecule has 1 aliphatic rings. The Morgan fingerprint density at radius 2 is 1.88 bits per heavy atom. The quantitative estimate of drug-likeness (QED) is 0.210. The van der Waals surface area contributed by atoms with E-state index in [9.17, 15) is 9.59 Å². The average Bonchev–Trinajstić information content (AvgIpc) is 2.94. The third-order valence-corrected chi connectivity index (χ3v) is 4.34. The fourth-order valence-electron chi connectivity index (χ4n) is 2.84. The van der Waals surface area contributed by atoms with Crippen LogP contribution >= 0.6 is 0 Å². The van der Waals surface area contributed by atoms with Crippen LogP contribution in [0.4, 0.5) is 0 Å². The third-order valence-electron chi connectivity index (χ3n) is 4.34. The topological polar surface area (TPSA) is 43.4 Å². The van der Waals surface area contributed by atoms with Crippen molar-refractivity contribution in [1.82, 2.24) is 0 Å². The number of rotatable bonds is 12. The Morgan fingerprint density at radius 1 is 1.12 bits per heavy atom. The first-order chi connectivity index (χ1) is 11.7. The predicted molar refractivity (Wildman–Crippen MR) is 98.7 cm³/mol. The Bertz CT molecular complexity index is 471. The van der Waals surface area contributed by atoms with Crippen molar-refractivity contribution in [3.8, 4) is 0 Å². The Labute approximate surface area is 146 Å². The van der Waals surface area contributed by atoms with Crippen LogP contribution in [0.1, 0.15) is 71.1 Å². The number of hydrogen-bond acceptors (Lipinski definition) is 3. The van der Waals surface area contributed by atoms with Gasteiger partial charge in [0.1, 0.15) is 0 Å². The van der Waals surface area contributed by atoms with Crippen molar-refractivity contribution in [2.45, 2.75) is 71.1 Å². The van der Waals surface area contributed by atoms with Crippen LogP contribution in [0.15, 0.2) is 36.0 Å². The minimum atomic E-state index is -0.146. The van der Waals surface area contributed by atoms with Gasteiger partial charge < -0.3 is 4.74 Å². The van der Waals surface area contributed by atoms with E-state index < -0.39 is 0 Å². The molecule has 0 saturated heterocycles. The van der Waals surface area contributed by atoms with Gasteiger partial charge in [-0.3, -0.25) is 9.59 Å². The molecule has 0 heterocycles. The predicted octanol–water partition coefficient (Wildman–Crippen LogP) is 5.32. The minimum absolute atomic E-state index is 0.144. The van der Waals surface area contributed by atoms with Crippen LogP contribution in [0.2, 0.25) is 0 Å². The molecule has 3 heteroatoms. The second kappa shape index (κ2) is 12.7. The minimum Gasteiger partial charge on any atom is -0.469 e. The maximum absolute atomic E-state index is 12.0. The van der Waals surface area contributed by atoms with Gasteiger partial charge in [0.2, 0.25) is 0 Å². The van der Waals surface area contributed by atoms with E-state index in [1.807, 2.05) is 6.08 Å². The number of ether oxygens (including phenoxy) is 1. The standard InChI is InChI=1S/C21H32O3/c1-3-4-5-6-7-10-13-18-16-17-20(22)19(18)14-11-8-9-12-15-21(23)24-2/h10,13-14,16-18H,3-9,11-12,15H2,1-2H3/b13-10+,19-14-/t18-/m0/s1. The van der Waals surface area contributed by atoms with E-state index in [0.717, 1.165) is 37.7 Å². The Kier molecular flexibility index (Phi) is 10.8. The number of methoxy groups -OCH3 is 1. The molecular formula is C21H32O3. The summed E-state index contributed by atoms with van der Waals surface area (Å²) < 4.78 is 4.62. The zero-order valence-corrected chi connectivity index (χ0v) is 15.3. The van der Waals surface area contributed by atoms with Gasteiger partial charge in [0.25, 0.3) is 0 Å². The number of carbonyl (C=O) groups excluding carboxylic acids is 2. The summed E-state index contributed by atoms with van der Waals surface area (Å²) in [7, 11) is 1.42. The molecule has 0 aromatic heterocycles. The van der Waals surface area contributed by atoms with Gasteiger partial charge in [-0.05, 0) is 38.2 Å². The Balaban J connectivity index is 2.29. The van der Waals surface area contributed by atoms with E-state index in [1.165, 1.54) is 32.8 Å². The van der Waals surface area contributed by atoms with Gasteiger partial charge in [-0.1, -0.05) is 56.9 Å². The summed E-state index contributed by atoms with van der Waals surface area (Å²) in [5, 5.41) is 0. The van der Waals surface area contributed by atoms with Crippen LogP contribution in [0, 0.1) is 5.92 Å². The SMILES string of the molecule is CCCCCC/C=C/[C@H]1C=CC(=O)/C1=C\CCCCCC(=O)OC. The first-order valence-corrected chi connectivity index (χ1v) is 9.35. The van der Waals surface area contributed by atoms with Crippen molar-refractivity contribution >= 4 is 11.8 Å². The largest absolute Gasteiger partial charge is 0.469 e. The fraction of sp³-hybridized carbons (Fsp3) is 0.619. The highest BCUT2D eigenvalue weighted by atomic mass is 16.5. The lowest BCUT2D eigenvalue weighted by atomic mass is 9.98. The maximum Gasteiger partial charge on any atom is 0.305 e. The summed E-state index contributed by atoms with van der Waals surface area (Å²) >= 11 is 0. The molecule has 0 fully saturated rings. The Hall–Kier alpha value is -1.64. The lowest BCUT2D eigenvalue weighted by Crippen LogP contribution is -2.01. The third kappa shape index (κ3) is 8.28. The second-order valence-electron chi connectivity index (χ2n) is 6.36. The van der Waals surface area contributed by atoms with E-state index in [0.29, 0.717) is 6.42 Å². The molecule has 1 rings (SSSR count). The molecule has 1 atom stereocenters. The fourth-order valence-corrected chi connectivity index (χ4v) is 2.84. The molecule has 0 aliphatic heterocycles. The average molecular weight is 332 g/mol. The second-order valence-corrected chi connectivity index (χ2v) is 6.36. The van der Waals surface area contributed by atoms with E-state index >= 15 is 0 Å². The number of esters is 1. The number of hydrogen-bond donors (Lipinski definition) is 0. The van der Waals surface area contributed by atoms with Gasteiger partial charge >= 0.3 is 5.97 Å². The zero-order valence-electron chi connectivity index (χ0n) is 15.3. The molecule has 0 N–H and O–H groups in total. The van der Waals surface area contributed by atoms with Gasteiger partial charge in [-0.25, -0.2) is 0 Å².